The Morgan fingerprint density at radius 3 is 1.96 bits per heavy atom. The predicted octanol–water partition coefficient (Wildman–Crippen LogP) is 4.85. The molecule has 0 amide bonds. The largest absolute Gasteiger partial charge is 0.489 e. The monoisotopic (exact) mass is 346 g/mol. The zero-order chi connectivity index (χ0) is 18.0. The molecule has 0 spiro atoms. The zero-order valence-corrected chi connectivity index (χ0v) is 14.5. The van der Waals surface area contributed by atoms with Gasteiger partial charge in [-0.25, -0.2) is 0 Å². The summed E-state index contributed by atoms with van der Waals surface area (Å²) in [5.41, 5.74) is 3.12. The number of hydrogen-bond donors (Lipinski definition) is 1. The number of benzene rings is 3. The van der Waals surface area contributed by atoms with Gasteiger partial charge in [0.25, 0.3) is 0 Å². The summed E-state index contributed by atoms with van der Waals surface area (Å²) >= 11 is 0. The first-order valence-electron chi connectivity index (χ1n) is 8.60. The molecule has 0 heterocycles. The third-order valence-electron chi connectivity index (χ3n) is 3.87. The number of aliphatic hydroxyl groups is 1. The fourth-order valence-corrected chi connectivity index (χ4v) is 2.52. The van der Waals surface area contributed by atoms with Gasteiger partial charge in [-0.2, -0.15) is 0 Å². The lowest BCUT2D eigenvalue weighted by molar-refractivity contribution is 0.289. The highest BCUT2D eigenvalue weighted by atomic mass is 16.5. The van der Waals surface area contributed by atoms with Crippen molar-refractivity contribution >= 4 is 6.08 Å². The zero-order valence-electron chi connectivity index (χ0n) is 14.5. The molecule has 3 heteroatoms. The molecule has 1 N–H and O–H groups in total. The Bertz CT molecular complexity index is 827. The highest BCUT2D eigenvalue weighted by Crippen LogP contribution is 2.27. The molecule has 0 unspecified atom stereocenters. The van der Waals surface area contributed by atoms with Crippen molar-refractivity contribution in [2.45, 2.75) is 13.2 Å². The van der Waals surface area contributed by atoms with Gasteiger partial charge >= 0.3 is 0 Å². The smallest absolute Gasteiger partial charge is 0.130 e. The van der Waals surface area contributed by atoms with E-state index in [0.29, 0.717) is 13.2 Å². The summed E-state index contributed by atoms with van der Waals surface area (Å²) in [6.45, 7) is 0.970. The van der Waals surface area contributed by atoms with E-state index in [0.717, 1.165) is 28.2 Å². The molecule has 0 atom stereocenters. The average molecular weight is 346 g/mol. The van der Waals surface area contributed by atoms with E-state index in [4.69, 9.17) is 14.6 Å². The van der Waals surface area contributed by atoms with Gasteiger partial charge in [-0.15, -0.1) is 0 Å². The van der Waals surface area contributed by atoms with Crippen LogP contribution in [0.15, 0.2) is 84.9 Å². The van der Waals surface area contributed by atoms with Crippen LogP contribution in [0.1, 0.15) is 16.7 Å². The number of hydrogen-bond acceptors (Lipinski definition) is 3. The third kappa shape index (κ3) is 5.23. The van der Waals surface area contributed by atoms with E-state index in [9.17, 15) is 0 Å². The van der Waals surface area contributed by atoms with Gasteiger partial charge in [-0.3, -0.25) is 0 Å². The van der Waals surface area contributed by atoms with Crippen LogP contribution in [-0.2, 0) is 13.2 Å². The van der Waals surface area contributed by atoms with E-state index in [1.807, 2.05) is 84.9 Å². The van der Waals surface area contributed by atoms with Gasteiger partial charge in [0.2, 0.25) is 0 Å². The second-order valence-electron chi connectivity index (χ2n) is 5.83. The highest BCUT2D eigenvalue weighted by molar-refractivity contribution is 5.59. The lowest BCUT2D eigenvalue weighted by Crippen LogP contribution is -1.99. The van der Waals surface area contributed by atoms with Crippen LogP contribution in [-0.4, -0.2) is 11.7 Å². The van der Waals surface area contributed by atoms with Crippen LogP contribution in [0.4, 0.5) is 0 Å². The summed E-state index contributed by atoms with van der Waals surface area (Å²) in [5.74, 6) is 1.47. The van der Waals surface area contributed by atoms with Crippen LogP contribution in [0.2, 0.25) is 0 Å². The molecular formula is C23H22O3. The summed E-state index contributed by atoms with van der Waals surface area (Å²) < 4.78 is 11.9. The van der Waals surface area contributed by atoms with Crippen molar-refractivity contribution in [3.63, 3.8) is 0 Å². The van der Waals surface area contributed by atoms with Crippen LogP contribution in [0, 0.1) is 0 Å². The van der Waals surface area contributed by atoms with Crippen molar-refractivity contribution in [2.24, 2.45) is 0 Å². The van der Waals surface area contributed by atoms with Crippen molar-refractivity contribution in [3.8, 4) is 11.5 Å². The van der Waals surface area contributed by atoms with Gasteiger partial charge in [-0.05, 0) is 23.3 Å². The highest BCUT2D eigenvalue weighted by Gasteiger charge is 2.05. The fraction of sp³-hybridized carbons (Fsp3) is 0.130. The Morgan fingerprint density at radius 1 is 0.731 bits per heavy atom. The summed E-state index contributed by atoms with van der Waals surface area (Å²) in [4.78, 5) is 0. The predicted molar refractivity (Wildman–Crippen MR) is 104 cm³/mol. The minimum Gasteiger partial charge on any atom is -0.489 e. The summed E-state index contributed by atoms with van der Waals surface area (Å²) in [6.07, 6.45) is 3.54. The first-order chi connectivity index (χ1) is 12.8. The Hall–Kier alpha value is -3.04. The topological polar surface area (TPSA) is 38.7 Å². The molecule has 0 aromatic heterocycles. The van der Waals surface area contributed by atoms with Crippen LogP contribution in [0.25, 0.3) is 6.08 Å². The lowest BCUT2D eigenvalue weighted by atomic mass is 10.1. The van der Waals surface area contributed by atoms with Gasteiger partial charge < -0.3 is 14.6 Å². The van der Waals surface area contributed by atoms with E-state index in [-0.39, 0.29) is 6.61 Å². The van der Waals surface area contributed by atoms with Crippen molar-refractivity contribution < 1.29 is 14.6 Å². The molecule has 3 rings (SSSR count). The maximum atomic E-state index is 9.04. The molecule has 0 fully saturated rings. The van der Waals surface area contributed by atoms with Crippen molar-refractivity contribution in [3.05, 3.63) is 102 Å². The minimum atomic E-state index is -0.00954. The second-order valence-corrected chi connectivity index (χ2v) is 5.83. The Kier molecular flexibility index (Phi) is 6.46. The molecule has 0 aliphatic rings. The van der Waals surface area contributed by atoms with Crippen LogP contribution < -0.4 is 9.47 Å². The summed E-state index contributed by atoms with van der Waals surface area (Å²) in [6, 6.07) is 25.8. The Labute approximate surface area is 154 Å². The van der Waals surface area contributed by atoms with Crippen molar-refractivity contribution in [1.82, 2.24) is 0 Å². The maximum absolute atomic E-state index is 9.04. The quantitative estimate of drug-likeness (QED) is 0.634. The lowest BCUT2D eigenvalue weighted by Gasteiger charge is -2.13. The molecular weight excluding hydrogens is 324 g/mol. The number of ether oxygens (including phenoxy) is 2. The SMILES string of the molecule is OC/C=C/c1ccc(OCc2ccccc2)cc1OCc1ccccc1. The Morgan fingerprint density at radius 2 is 1.35 bits per heavy atom. The molecule has 3 aromatic rings. The molecule has 0 saturated carbocycles. The van der Waals surface area contributed by atoms with Gasteiger partial charge in [0, 0.05) is 11.6 Å². The van der Waals surface area contributed by atoms with E-state index in [1.54, 1.807) is 6.08 Å². The van der Waals surface area contributed by atoms with Crippen LogP contribution in [0.5, 0.6) is 11.5 Å². The molecule has 0 aliphatic carbocycles. The first-order valence-corrected chi connectivity index (χ1v) is 8.60. The van der Waals surface area contributed by atoms with Crippen molar-refractivity contribution in [1.29, 1.82) is 0 Å². The molecule has 3 nitrogen and oxygen atoms in total. The average Bonchev–Trinajstić information content (AvgIpc) is 2.71. The second kappa shape index (κ2) is 9.44. The maximum Gasteiger partial charge on any atom is 0.130 e. The van der Waals surface area contributed by atoms with Crippen molar-refractivity contribution in [2.75, 3.05) is 6.61 Å². The van der Waals surface area contributed by atoms with Gasteiger partial charge in [0.1, 0.15) is 24.7 Å². The van der Waals surface area contributed by atoms with Crippen LogP contribution >= 0.6 is 0 Å². The molecule has 0 saturated heterocycles. The standard InChI is InChI=1S/C23H22O3/c24-15-7-12-21-13-14-22(25-17-19-8-3-1-4-9-19)16-23(21)26-18-20-10-5-2-6-11-20/h1-14,16,24H,15,17-18H2/b12-7+. The third-order valence-corrected chi connectivity index (χ3v) is 3.87. The van der Waals surface area contributed by atoms with E-state index < -0.39 is 0 Å². The van der Waals surface area contributed by atoms with E-state index in [2.05, 4.69) is 0 Å². The normalized spacial score (nSPS) is 10.8. The minimum absolute atomic E-state index is 0.00954. The molecule has 132 valence electrons. The molecule has 26 heavy (non-hydrogen) atoms. The van der Waals surface area contributed by atoms with Crippen LogP contribution in [0.3, 0.4) is 0 Å². The van der Waals surface area contributed by atoms with E-state index in [1.165, 1.54) is 0 Å². The van der Waals surface area contributed by atoms with Gasteiger partial charge in [0.05, 0.1) is 6.61 Å². The molecule has 0 bridgehead atoms. The number of aliphatic hydroxyl groups excluding tert-OH is 1. The summed E-state index contributed by atoms with van der Waals surface area (Å²) in [5, 5.41) is 9.04. The number of rotatable bonds is 8. The first kappa shape index (κ1) is 17.8. The fourth-order valence-electron chi connectivity index (χ4n) is 2.52. The molecule has 3 aromatic carbocycles. The summed E-state index contributed by atoms with van der Waals surface area (Å²) in [7, 11) is 0. The van der Waals surface area contributed by atoms with Gasteiger partial charge in [0.15, 0.2) is 0 Å². The van der Waals surface area contributed by atoms with Gasteiger partial charge in [-0.1, -0.05) is 72.8 Å². The Balaban J connectivity index is 1.73. The molecule has 0 radical (unpaired) electrons. The molecule has 0 aliphatic heterocycles. The van der Waals surface area contributed by atoms with E-state index >= 15 is 0 Å².